The van der Waals surface area contributed by atoms with Gasteiger partial charge in [0.25, 0.3) is 0 Å². The van der Waals surface area contributed by atoms with Gasteiger partial charge in [-0.05, 0) is 61.4 Å². The van der Waals surface area contributed by atoms with E-state index < -0.39 is 0 Å². The van der Waals surface area contributed by atoms with Gasteiger partial charge in [-0.2, -0.15) is 0 Å². The van der Waals surface area contributed by atoms with Gasteiger partial charge in [0, 0.05) is 48.5 Å². The Morgan fingerprint density at radius 1 is 1.15 bits per heavy atom. The van der Waals surface area contributed by atoms with Crippen LogP contribution in [-0.4, -0.2) is 33.4 Å². The lowest BCUT2D eigenvalue weighted by Crippen LogP contribution is -2.35. The number of aromatic nitrogens is 2. The highest BCUT2D eigenvalue weighted by molar-refractivity contribution is 5.84. The van der Waals surface area contributed by atoms with Crippen LogP contribution in [0.4, 0.5) is 0 Å². The highest BCUT2D eigenvalue weighted by Gasteiger charge is 2.28. The summed E-state index contributed by atoms with van der Waals surface area (Å²) in [6.45, 7) is 0.910. The quantitative estimate of drug-likeness (QED) is 0.729. The van der Waals surface area contributed by atoms with Gasteiger partial charge in [-0.1, -0.05) is 18.2 Å². The van der Waals surface area contributed by atoms with Crippen LogP contribution in [0.1, 0.15) is 36.8 Å². The smallest absolute Gasteiger partial charge is 0.223 e. The first-order valence-corrected chi connectivity index (χ1v) is 9.54. The molecule has 4 rings (SSSR count). The van der Waals surface area contributed by atoms with Gasteiger partial charge in [-0.15, -0.1) is 0 Å². The third-order valence-electron chi connectivity index (χ3n) is 5.50. The Bertz CT molecular complexity index is 871. The van der Waals surface area contributed by atoms with Crippen LogP contribution in [-0.2, 0) is 17.6 Å². The molecule has 1 aromatic carbocycles. The zero-order valence-corrected chi connectivity index (χ0v) is 15.0. The van der Waals surface area contributed by atoms with Crippen molar-refractivity contribution in [1.82, 2.24) is 14.9 Å². The summed E-state index contributed by atoms with van der Waals surface area (Å²) < 4.78 is 0. The number of hydrogen-bond acceptors (Lipinski definition) is 2. The maximum absolute atomic E-state index is 12.8. The Kier molecular flexibility index (Phi) is 5.00. The number of rotatable bonds is 6. The summed E-state index contributed by atoms with van der Waals surface area (Å²) in [5.74, 6) is 0.299. The number of carbonyl (C=O) groups excluding carboxylic acids is 1. The first-order valence-electron chi connectivity index (χ1n) is 9.54. The van der Waals surface area contributed by atoms with Gasteiger partial charge in [0.2, 0.25) is 5.91 Å². The molecule has 3 aromatic rings. The average Bonchev–Trinajstić information content (AvgIpc) is 3.32. The Balaban J connectivity index is 1.34. The Hall–Kier alpha value is -2.62. The van der Waals surface area contributed by atoms with E-state index in [1.54, 1.807) is 0 Å². The van der Waals surface area contributed by atoms with Crippen molar-refractivity contribution in [3.8, 4) is 0 Å². The fraction of sp³-hybridized carbons (Fsp3) is 0.364. The summed E-state index contributed by atoms with van der Waals surface area (Å²) >= 11 is 0. The molecule has 1 N–H and O–H groups in total. The van der Waals surface area contributed by atoms with E-state index in [4.69, 9.17) is 0 Å². The molecular formula is C22H25N3O. The number of benzene rings is 1. The van der Waals surface area contributed by atoms with E-state index in [0.29, 0.717) is 18.4 Å². The lowest BCUT2D eigenvalue weighted by atomic mass is 10.0. The standard InChI is InChI=1S/C22H25N3O/c26-22(10-8-18-16-24-21-6-2-1-5-20(18)21)25-15-3-4-19(25)9-7-17-11-13-23-14-12-17/h1-2,5-6,11-14,16,19,24H,3-4,7-10,15H2. The number of nitrogens with one attached hydrogen (secondary N) is 1. The van der Waals surface area contributed by atoms with Crippen molar-refractivity contribution in [3.05, 3.63) is 66.1 Å². The van der Waals surface area contributed by atoms with Crippen LogP contribution in [0.2, 0.25) is 0 Å². The largest absolute Gasteiger partial charge is 0.361 e. The minimum atomic E-state index is 0.299. The predicted molar refractivity (Wildman–Crippen MR) is 104 cm³/mol. The molecule has 3 heterocycles. The van der Waals surface area contributed by atoms with E-state index in [2.05, 4.69) is 45.2 Å². The van der Waals surface area contributed by atoms with Gasteiger partial charge in [-0.3, -0.25) is 9.78 Å². The number of aromatic amines is 1. The normalized spacial score (nSPS) is 17.1. The van der Waals surface area contributed by atoms with Gasteiger partial charge < -0.3 is 9.88 Å². The third kappa shape index (κ3) is 3.64. The van der Waals surface area contributed by atoms with E-state index in [1.165, 1.54) is 16.5 Å². The molecule has 0 spiro atoms. The van der Waals surface area contributed by atoms with Crippen LogP contribution in [0.3, 0.4) is 0 Å². The monoisotopic (exact) mass is 347 g/mol. The molecule has 1 saturated heterocycles. The van der Waals surface area contributed by atoms with E-state index in [0.717, 1.165) is 44.2 Å². The van der Waals surface area contributed by atoms with Gasteiger partial charge in [-0.25, -0.2) is 0 Å². The Labute approximate surface area is 154 Å². The predicted octanol–water partition coefficient (Wildman–Crippen LogP) is 4.12. The fourth-order valence-electron chi connectivity index (χ4n) is 4.07. The molecule has 0 radical (unpaired) electrons. The summed E-state index contributed by atoms with van der Waals surface area (Å²) in [4.78, 5) is 22.3. The topological polar surface area (TPSA) is 49.0 Å². The molecule has 0 bridgehead atoms. The lowest BCUT2D eigenvalue weighted by Gasteiger charge is -2.25. The van der Waals surface area contributed by atoms with Crippen molar-refractivity contribution >= 4 is 16.8 Å². The van der Waals surface area contributed by atoms with Gasteiger partial charge in [0.1, 0.15) is 0 Å². The van der Waals surface area contributed by atoms with Crippen molar-refractivity contribution < 1.29 is 4.79 Å². The summed E-state index contributed by atoms with van der Waals surface area (Å²) in [5.41, 5.74) is 3.69. The summed E-state index contributed by atoms with van der Waals surface area (Å²) in [6.07, 6.45) is 11.4. The van der Waals surface area contributed by atoms with Gasteiger partial charge in [0.05, 0.1) is 0 Å². The van der Waals surface area contributed by atoms with Crippen LogP contribution in [0, 0.1) is 0 Å². The highest BCUT2D eigenvalue weighted by Crippen LogP contribution is 2.24. The molecule has 1 amide bonds. The number of carbonyl (C=O) groups is 1. The van der Waals surface area contributed by atoms with Crippen molar-refractivity contribution in [2.24, 2.45) is 0 Å². The van der Waals surface area contributed by atoms with E-state index in [9.17, 15) is 4.79 Å². The number of para-hydroxylation sites is 1. The Morgan fingerprint density at radius 2 is 2.00 bits per heavy atom. The van der Waals surface area contributed by atoms with Crippen molar-refractivity contribution in [3.63, 3.8) is 0 Å². The van der Waals surface area contributed by atoms with Gasteiger partial charge in [0.15, 0.2) is 0 Å². The molecule has 0 aliphatic carbocycles. The Morgan fingerprint density at radius 3 is 2.88 bits per heavy atom. The number of aryl methyl sites for hydroxylation is 2. The molecule has 1 unspecified atom stereocenters. The maximum atomic E-state index is 12.8. The molecule has 0 saturated carbocycles. The minimum Gasteiger partial charge on any atom is -0.361 e. The van der Waals surface area contributed by atoms with Crippen LogP contribution in [0.25, 0.3) is 10.9 Å². The van der Waals surface area contributed by atoms with E-state index >= 15 is 0 Å². The molecule has 1 aliphatic rings. The van der Waals surface area contributed by atoms with Crippen molar-refractivity contribution in [2.75, 3.05) is 6.54 Å². The zero-order chi connectivity index (χ0) is 17.8. The molecule has 134 valence electrons. The van der Waals surface area contributed by atoms with Gasteiger partial charge >= 0.3 is 0 Å². The highest BCUT2D eigenvalue weighted by atomic mass is 16.2. The number of H-pyrrole nitrogens is 1. The molecule has 1 aliphatic heterocycles. The second-order valence-electron chi connectivity index (χ2n) is 7.14. The van der Waals surface area contributed by atoms with Crippen LogP contribution >= 0.6 is 0 Å². The number of pyridine rings is 1. The number of likely N-dealkylation sites (tertiary alicyclic amines) is 1. The second kappa shape index (κ2) is 7.73. The van der Waals surface area contributed by atoms with Crippen LogP contribution < -0.4 is 0 Å². The summed E-state index contributed by atoms with van der Waals surface area (Å²) in [7, 11) is 0. The number of fused-ring (bicyclic) bond motifs is 1. The third-order valence-corrected chi connectivity index (χ3v) is 5.50. The van der Waals surface area contributed by atoms with Crippen molar-refractivity contribution in [2.45, 2.75) is 44.6 Å². The average molecular weight is 347 g/mol. The maximum Gasteiger partial charge on any atom is 0.223 e. The number of hydrogen-bond donors (Lipinski definition) is 1. The molecule has 26 heavy (non-hydrogen) atoms. The SMILES string of the molecule is O=C(CCc1c[nH]c2ccccc12)N1CCCC1CCc1ccncc1. The van der Waals surface area contributed by atoms with Crippen LogP contribution in [0.15, 0.2) is 55.0 Å². The van der Waals surface area contributed by atoms with Crippen LogP contribution in [0.5, 0.6) is 0 Å². The first-order chi connectivity index (χ1) is 12.8. The number of amides is 1. The number of nitrogens with zero attached hydrogens (tertiary/aromatic N) is 2. The molecule has 1 atom stereocenters. The molecule has 4 nitrogen and oxygen atoms in total. The first kappa shape index (κ1) is 16.8. The molecule has 1 fully saturated rings. The lowest BCUT2D eigenvalue weighted by molar-refractivity contribution is -0.132. The second-order valence-corrected chi connectivity index (χ2v) is 7.14. The molecule has 4 heteroatoms. The van der Waals surface area contributed by atoms with E-state index in [-0.39, 0.29) is 0 Å². The van der Waals surface area contributed by atoms with Crippen molar-refractivity contribution in [1.29, 1.82) is 0 Å². The molecule has 2 aromatic heterocycles. The molecular weight excluding hydrogens is 322 g/mol. The zero-order valence-electron chi connectivity index (χ0n) is 15.0. The fourth-order valence-corrected chi connectivity index (χ4v) is 4.07. The summed E-state index contributed by atoms with van der Waals surface area (Å²) in [6, 6.07) is 12.8. The summed E-state index contributed by atoms with van der Waals surface area (Å²) in [5, 5.41) is 1.23. The minimum absolute atomic E-state index is 0.299. The van der Waals surface area contributed by atoms with E-state index in [1.807, 2.05) is 24.7 Å².